The van der Waals surface area contributed by atoms with Gasteiger partial charge in [-0.05, 0) is 61.5 Å². The van der Waals surface area contributed by atoms with Crippen LogP contribution < -0.4 is 9.47 Å². The van der Waals surface area contributed by atoms with Gasteiger partial charge in [-0.15, -0.1) is 0 Å². The molecule has 0 spiro atoms. The Balaban J connectivity index is 1.85. The third kappa shape index (κ3) is 7.87. The highest BCUT2D eigenvalue weighted by Crippen LogP contribution is 2.31. The Morgan fingerprint density at radius 3 is 2.07 bits per heavy atom. The summed E-state index contributed by atoms with van der Waals surface area (Å²) < 4.78 is 58.6. The van der Waals surface area contributed by atoms with Crippen molar-refractivity contribution in [1.82, 2.24) is 0 Å². The Morgan fingerprint density at radius 2 is 1.52 bits per heavy atom. The lowest BCUT2D eigenvalue weighted by atomic mass is 10.2. The third-order valence-electron chi connectivity index (χ3n) is 3.60. The number of benzene rings is 2. The highest BCUT2D eigenvalue weighted by Gasteiger charge is 2.30. The first-order valence-electron chi connectivity index (χ1n) is 8.73. The van der Waals surface area contributed by atoms with Gasteiger partial charge in [0.1, 0.15) is 30.0 Å². The highest BCUT2D eigenvalue weighted by atomic mass is 19.4. The Kier molecular flexibility index (Phi) is 8.09. The highest BCUT2D eigenvalue weighted by molar-refractivity contribution is 5.81. The minimum Gasteiger partial charge on any atom is -0.487 e. The summed E-state index contributed by atoms with van der Waals surface area (Å²) in [4.78, 5) is 11.5. The molecule has 0 radical (unpaired) electrons. The molecule has 0 saturated heterocycles. The van der Waals surface area contributed by atoms with Gasteiger partial charge < -0.3 is 18.9 Å². The Morgan fingerprint density at radius 1 is 0.966 bits per heavy atom. The molecule has 1 unspecified atom stereocenters. The van der Waals surface area contributed by atoms with Crippen LogP contribution in [0.5, 0.6) is 17.2 Å². The van der Waals surface area contributed by atoms with Crippen molar-refractivity contribution < 1.29 is 36.9 Å². The summed E-state index contributed by atoms with van der Waals surface area (Å²) in [6, 6.07) is 11.0. The molecule has 156 valence electrons. The van der Waals surface area contributed by atoms with E-state index in [1.165, 1.54) is 25.3 Å². The number of methoxy groups -OCH3 is 1. The molecule has 5 nitrogen and oxygen atoms in total. The van der Waals surface area contributed by atoms with Gasteiger partial charge in [-0.2, -0.15) is 13.2 Å². The molecule has 0 N–H and O–H groups in total. The topological polar surface area (TPSA) is 54.0 Å². The fraction of sp³-hybridized carbons (Fsp3) is 0.286. The standard InChI is InChI=1S/C21H21F3O5/c1-15(3-12-20(25)27-14-13-26-2)28-17-8-10-19(11-9-17)29-18-6-4-16(5-7-18)21(22,23)24/h3-12,15H,13-14H2,1-2H3. The van der Waals surface area contributed by atoms with E-state index in [2.05, 4.69) is 0 Å². The van der Waals surface area contributed by atoms with Gasteiger partial charge in [-0.25, -0.2) is 4.79 Å². The lowest BCUT2D eigenvalue weighted by Gasteiger charge is -2.12. The first-order chi connectivity index (χ1) is 13.8. The molecule has 0 saturated carbocycles. The number of ether oxygens (including phenoxy) is 4. The Bertz CT molecular complexity index is 799. The number of carbonyl (C=O) groups excluding carboxylic acids is 1. The number of halogens is 3. The summed E-state index contributed by atoms with van der Waals surface area (Å²) in [5, 5.41) is 0. The van der Waals surface area contributed by atoms with E-state index >= 15 is 0 Å². The van der Waals surface area contributed by atoms with Crippen molar-refractivity contribution in [2.75, 3.05) is 20.3 Å². The minimum absolute atomic E-state index is 0.176. The van der Waals surface area contributed by atoms with E-state index in [1.54, 1.807) is 37.3 Å². The summed E-state index contributed by atoms with van der Waals surface area (Å²) in [7, 11) is 1.51. The quantitative estimate of drug-likeness (QED) is 0.330. The van der Waals surface area contributed by atoms with Gasteiger partial charge in [-0.1, -0.05) is 0 Å². The maximum Gasteiger partial charge on any atom is 0.416 e. The molecule has 2 aromatic carbocycles. The number of alkyl halides is 3. The Hall–Kier alpha value is -3.00. The third-order valence-corrected chi connectivity index (χ3v) is 3.60. The second kappa shape index (κ2) is 10.5. The van der Waals surface area contributed by atoms with E-state index in [4.69, 9.17) is 18.9 Å². The zero-order valence-corrected chi connectivity index (χ0v) is 15.9. The number of hydrogen-bond acceptors (Lipinski definition) is 5. The number of hydrogen-bond donors (Lipinski definition) is 0. The molecule has 8 heteroatoms. The predicted octanol–water partition coefficient (Wildman–Crippen LogP) is 5.01. The molecule has 29 heavy (non-hydrogen) atoms. The zero-order chi connectivity index (χ0) is 21.3. The van der Waals surface area contributed by atoms with E-state index in [1.807, 2.05) is 0 Å². The van der Waals surface area contributed by atoms with E-state index in [-0.39, 0.29) is 18.5 Å². The predicted molar refractivity (Wildman–Crippen MR) is 100 cm³/mol. The van der Waals surface area contributed by atoms with Crippen LogP contribution >= 0.6 is 0 Å². The van der Waals surface area contributed by atoms with Crippen molar-refractivity contribution in [3.8, 4) is 17.2 Å². The van der Waals surface area contributed by atoms with Gasteiger partial charge in [0.2, 0.25) is 0 Å². The van der Waals surface area contributed by atoms with Crippen LogP contribution in [0.4, 0.5) is 13.2 Å². The molecule has 0 heterocycles. The zero-order valence-electron chi connectivity index (χ0n) is 15.9. The summed E-state index contributed by atoms with van der Waals surface area (Å²) in [5.74, 6) is 0.782. The fourth-order valence-electron chi connectivity index (χ4n) is 2.18. The molecule has 0 amide bonds. The molecule has 0 bridgehead atoms. The van der Waals surface area contributed by atoms with Crippen LogP contribution in [0.15, 0.2) is 60.7 Å². The van der Waals surface area contributed by atoms with Crippen LogP contribution in [-0.2, 0) is 20.4 Å². The first kappa shape index (κ1) is 22.3. The van der Waals surface area contributed by atoms with Gasteiger partial charge >= 0.3 is 12.1 Å². The lowest BCUT2D eigenvalue weighted by molar-refractivity contribution is -0.139. The van der Waals surface area contributed by atoms with E-state index in [0.717, 1.165) is 12.1 Å². The van der Waals surface area contributed by atoms with Crippen molar-refractivity contribution in [3.05, 3.63) is 66.2 Å². The number of esters is 1. The Labute approximate surface area is 166 Å². The average molecular weight is 410 g/mol. The van der Waals surface area contributed by atoms with E-state index in [9.17, 15) is 18.0 Å². The second-order valence-corrected chi connectivity index (χ2v) is 5.94. The molecule has 0 aliphatic rings. The van der Waals surface area contributed by atoms with Crippen molar-refractivity contribution in [3.63, 3.8) is 0 Å². The molecular formula is C21H21F3O5. The van der Waals surface area contributed by atoms with Crippen LogP contribution in [0.2, 0.25) is 0 Å². The maximum absolute atomic E-state index is 12.6. The fourth-order valence-corrected chi connectivity index (χ4v) is 2.18. The van der Waals surface area contributed by atoms with Gasteiger partial charge in [0.25, 0.3) is 0 Å². The van der Waals surface area contributed by atoms with Crippen LogP contribution in [-0.4, -0.2) is 32.4 Å². The van der Waals surface area contributed by atoms with Crippen LogP contribution in [0.3, 0.4) is 0 Å². The molecule has 0 aliphatic carbocycles. The first-order valence-corrected chi connectivity index (χ1v) is 8.73. The molecule has 0 aliphatic heterocycles. The van der Waals surface area contributed by atoms with Crippen molar-refractivity contribution in [2.24, 2.45) is 0 Å². The maximum atomic E-state index is 12.6. The monoisotopic (exact) mass is 410 g/mol. The molecule has 0 fully saturated rings. The van der Waals surface area contributed by atoms with Gasteiger partial charge in [0.15, 0.2) is 0 Å². The number of carbonyl (C=O) groups is 1. The van der Waals surface area contributed by atoms with E-state index in [0.29, 0.717) is 18.1 Å². The lowest BCUT2D eigenvalue weighted by Crippen LogP contribution is -2.11. The van der Waals surface area contributed by atoms with Crippen LogP contribution in [0, 0.1) is 0 Å². The SMILES string of the molecule is COCCOC(=O)C=CC(C)Oc1ccc(Oc2ccc(C(F)(F)F)cc2)cc1. The minimum atomic E-state index is -4.39. The van der Waals surface area contributed by atoms with Gasteiger partial charge in [0, 0.05) is 13.2 Å². The summed E-state index contributed by atoms with van der Waals surface area (Å²) in [6.07, 6.45) is -1.93. The molecule has 2 rings (SSSR count). The smallest absolute Gasteiger partial charge is 0.416 e. The van der Waals surface area contributed by atoms with E-state index < -0.39 is 17.7 Å². The summed E-state index contributed by atoms with van der Waals surface area (Å²) >= 11 is 0. The second-order valence-electron chi connectivity index (χ2n) is 5.94. The summed E-state index contributed by atoms with van der Waals surface area (Å²) in [6.45, 7) is 2.26. The summed E-state index contributed by atoms with van der Waals surface area (Å²) in [5.41, 5.74) is -0.738. The normalized spacial score (nSPS) is 12.6. The van der Waals surface area contributed by atoms with Crippen molar-refractivity contribution in [1.29, 1.82) is 0 Å². The van der Waals surface area contributed by atoms with Gasteiger partial charge in [-0.3, -0.25) is 0 Å². The van der Waals surface area contributed by atoms with Crippen LogP contribution in [0.1, 0.15) is 12.5 Å². The van der Waals surface area contributed by atoms with Crippen LogP contribution in [0.25, 0.3) is 0 Å². The van der Waals surface area contributed by atoms with Crippen molar-refractivity contribution in [2.45, 2.75) is 19.2 Å². The van der Waals surface area contributed by atoms with Crippen molar-refractivity contribution >= 4 is 5.97 Å². The van der Waals surface area contributed by atoms with Gasteiger partial charge in [0.05, 0.1) is 12.2 Å². The molecule has 2 aromatic rings. The average Bonchev–Trinajstić information content (AvgIpc) is 2.68. The largest absolute Gasteiger partial charge is 0.487 e. The molecular weight excluding hydrogens is 389 g/mol. The number of rotatable bonds is 9. The molecule has 0 aromatic heterocycles. The molecule has 1 atom stereocenters.